The number of aryl methyl sites for hydroxylation is 2. The summed E-state index contributed by atoms with van der Waals surface area (Å²) in [6, 6.07) is 7.51. The van der Waals surface area contributed by atoms with Crippen LogP contribution in [0.25, 0.3) is 0 Å². The molecule has 1 aromatic carbocycles. The van der Waals surface area contributed by atoms with Gasteiger partial charge in [0.15, 0.2) is 0 Å². The highest BCUT2D eigenvalue weighted by atomic mass is 14.9. The van der Waals surface area contributed by atoms with Crippen LogP contribution in [0.15, 0.2) is 18.2 Å². The molecule has 0 aliphatic carbocycles. The van der Waals surface area contributed by atoms with Crippen molar-refractivity contribution in [2.45, 2.75) is 73.3 Å². The molecule has 0 saturated carbocycles. The average Bonchev–Trinajstić information content (AvgIpc) is 2.47. The van der Waals surface area contributed by atoms with Crippen molar-refractivity contribution in [2.24, 2.45) is 5.41 Å². The van der Waals surface area contributed by atoms with Gasteiger partial charge < -0.3 is 5.32 Å². The SMILES string of the molecule is CCCNC(c1cc(CC)ccc1CC)C(C)(C)CC. The van der Waals surface area contributed by atoms with Gasteiger partial charge in [-0.2, -0.15) is 0 Å². The number of nitrogens with one attached hydrogen (secondary N) is 1. The Kier molecular flexibility index (Phi) is 6.75. The molecule has 0 spiro atoms. The maximum atomic E-state index is 3.80. The third kappa shape index (κ3) is 4.09. The fraction of sp³-hybridized carbons (Fsp3) is 0.684. The topological polar surface area (TPSA) is 12.0 Å². The smallest absolute Gasteiger partial charge is 0.0374 e. The zero-order valence-electron chi connectivity index (χ0n) is 14.3. The fourth-order valence-corrected chi connectivity index (χ4v) is 2.76. The maximum Gasteiger partial charge on any atom is 0.0374 e. The Balaban J connectivity index is 3.23. The Morgan fingerprint density at radius 3 is 2.25 bits per heavy atom. The fourth-order valence-electron chi connectivity index (χ4n) is 2.76. The lowest BCUT2D eigenvalue weighted by atomic mass is 9.76. The summed E-state index contributed by atoms with van der Waals surface area (Å²) in [4.78, 5) is 0. The van der Waals surface area contributed by atoms with Crippen molar-refractivity contribution in [3.05, 3.63) is 34.9 Å². The van der Waals surface area contributed by atoms with E-state index < -0.39 is 0 Å². The van der Waals surface area contributed by atoms with Gasteiger partial charge in [0.2, 0.25) is 0 Å². The van der Waals surface area contributed by atoms with Gasteiger partial charge >= 0.3 is 0 Å². The Morgan fingerprint density at radius 2 is 1.75 bits per heavy atom. The molecule has 20 heavy (non-hydrogen) atoms. The van der Waals surface area contributed by atoms with E-state index in [2.05, 4.69) is 65.1 Å². The van der Waals surface area contributed by atoms with Gasteiger partial charge in [-0.15, -0.1) is 0 Å². The third-order valence-electron chi connectivity index (χ3n) is 4.60. The third-order valence-corrected chi connectivity index (χ3v) is 4.60. The van der Waals surface area contributed by atoms with E-state index in [9.17, 15) is 0 Å². The molecule has 1 atom stereocenters. The summed E-state index contributed by atoms with van der Waals surface area (Å²) in [6.45, 7) is 14.9. The van der Waals surface area contributed by atoms with Crippen LogP contribution in [0.5, 0.6) is 0 Å². The van der Waals surface area contributed by atoms with Gasteiger partial charge in [-0.25, -0.2) is 0 Å². The lowest BCUT2D eigenvalue weighted by Crippen LogP contribution is -2.35. The van der Waals surface area contributed by atoms with E-state index in [4.69, 9.17) is 0 Å². The predicted octanol–water partition coefficient (Wildman–Crippen LogP) is 5.29. The Labute approximate surface area is 126 Å². The molecule has 0 heterocycles. The Morgan fingerprint density at radius 1 is 1.05 bits per heavy atom. The molecular formula is C19H33N. The Hall–Kier alpha value is -0.820. The van der Waals surface area contributed by atoms with Gasteiger partial charge in [-0.1, -0.05) is 59.7 Å². The first-order chi connectivity index (χ1) is 9.50. The number of hydrogen-bond acceptors (Lipinski definition) is 1. The number of benzene rings is 1. The van der Waals surface area contributed by atoms with Crippen LogP contribution in [0.4, 0.5) is 0 Å². The Bertz CT molecular complexity index is 406. The monoisotopic (exact) mass is 275 g/mol. The predicted molar refractivity (Wildman–Crippen MR) is 90.3 cm³/mol. The normalized spacial score (nSPS) is 13.5. The molecule has 0 aliphatic heterocycles. The molecule has 0 aromatic heterocycles. The van der Waals surface area contributed by atoms with E-state index in [1.54, 1.807) is 0 Å². The number of rotatable bonds is 8. The first kappa shape index (κ1) is 17.2. The lowest BCUT2D eigenvalue weighted by molar-refractivity contribution is 0.233. The molecule has 1 nitrogen and oxygen atoms in total. The minimum Gasteiger partial charge on any atom is -0.309 e. The van der Waals surface area contributed by atoms with Crippen LogP contribution in [0.3, 0.4) is 0 Å². The average molecular weight is 275 g/mol. The van der Waals surface area contributed by atoms with Crippen molar-refractivity contribution >= 4 is 0 Å². The van der Waals surface area contributed by atoms with Crippen molar-refractivity contribution < 1.29 is 0 Å². The highest BCUT2D eigenvalue weighted by Crippen LogP contribution is 2.38. The summed E-state index contributed by atoms with van der Waals surface area (Å²) in [7, 11) is 0. The summed E-state index contributed by atoms with van der Waals surface area (Å²) in [5, 5.41) is 3.80. The molecule has 0 radical (unpaired) electrons. The molecule has 1 rings (SSSR count). The second kappa shape index (κ2) is 7.83. The summed E-state index contributed by atoms with van der Waals surface area (Å²) >= 11 is 0. The van der Waals surface area contributed by atoms with Gasteiger partial charge in [-0.05, 0) is 54.3 Å². The molecule has 0 saturated heterocycles. The molecular weight excluding hydrogens is 242 g/mol. The quantitative estimate of drug-likeness (QED) is 0.680. The summed E-state index contributed by atoms with van der Waals surface area (Å²) in [6.07, 6.45) is 4.60. The molecule has 0 amide bonds. The maximum absolute atomic E-state index is 3.80. The van der Waals surface area contributed by atoms with Crippen molar-refractivity contribution in [1.29, 1.82) is 0 Å². The van der Waals surface area contributed by atoms with Crippen LogP contribution in [-0.2, 0) is 12.8 Å². The molecule has 0 fully saturated rings. The standard InChI is InChI=1S/C19H33N/c1-7-13-20-18(19(5,6)10-4)17-14-15(8-2)11-12-16(17)9-3/h11-12,14,18,20H,7-10,13H2,1-6H3. The van der Waals surface area contributed by atoms with E-state index in [0.717, 1.165) is 19.4 Å². The molecule has 1 unspecified atom stereocenters. The van der Waals surface area contributed by atoms with E-state index >= 15 is 0 Å². The summed E-state index contributed by atoms with van der Waals surface area (Å²) in [5.74, 6) is 0. The van der Waals surface area contributed by atoms with Crippen molar-refractivity contribution in [3.8, 4) is 0 Å². The van der Waals surface area contributed by atoms with E-state index in [1.165, 1.54) is 29.5 Å². The molecule has 1 aromatic rings. The first-order valence-electron chi connectivity index (χ1n) is 8.35. The van der Waals surface area contributed by atoms with Crippen LogP contribution in [0, 0.1) is 5.41 Å². The van der Waals surface area contributed by atoms with E-state index in [0.29, 0.717) is 6.04 Å². The van der Waals surface area contributed by atoms with Gasteiger partial charge in [-0.3, -0.25) is 0 Å². The zero-order chi connectivity index (χ0) is 15.2. The largest absolute Gasteiger partial charge is 0.309 e. The van der Waals surface area contributed by atoms with Gasteiger partial charge in [0, 0.05) is 6.04 Å². The minimum absolute atomic E-state index is 0.283. The number of hydrogen-bond donors (Lipinski definition) is 1. The van der Waals surface area contributed by atoms with Crippen LogP contribution in [0.2, 0.25) is 0 Å². The molecule has 1 heteroatoms. The first-order valence-corrected chi connectivity index (χ1v) is 8.35. The van der Waals surface area contributed by atoms with Crippen LogP contribution in [-0.4, -0.2) is 6.54 Å². The van der Waals surface area contributed by atoms with Crippen LogP contribution in [0.1, 0.15) is 77.1 Å². The summed E-state index contributed by atoms with van der Waals surface area (Å²) < 4.78 is 0. The van der Waals surface area contributed by atoms with Crippen LogP contribution >= 0.6 is 0 Å². The lowest BCUT2D eigenvalue weighted by Gasteiger charge is -2.36. The second-order valence-corrected chi connectivity index (χ2v) is 6.47. The molecule has 1 N–H and O–H groups in total. The highest BCUT2D eigenvalue weighted by Gasteiger charge is 2.30. The highest BCUT2D eigenvalue weighted by molar-refractivity contribution is 5.35. The van der Waals surface area contributed by atoms with Gasteiger partial charge in [0.1, 0.15) is 0 Å². The second-order valence-electron chi connectivity index (χ2n) is 6.47. The van der Waals surface area contributed by atoms with E-state index in [1.807, 2.05) is 0 Å². The molecule has 0 aliphatic rings. The van der Waals surface area contributed by atoms with Crippen molar-refractivity contribution in [1.82, 2.24) is 5.32 Å². The van der Waals surface area contributed by atoms with Gasteiger partial charge in [0.05, 0.1) is 0 Å². The van der Waals surface area contributed by atoms with Crippen molar-refractivity contribution in [3.63, 3.8) is 0 Å². The molecule has 114 valence electrons. The van der Waals surface area contributed by atoms with Gasteiger partial charge in [0.25, 0.3) is 0 Å². The van der Waals surface area contributed by atoms with E-state index in [-0.39, 0.29) is 5.41 Å². The molecule has 0 bridgehead atoms. The summed E-state index contributed by atoms with van der Waals surface area (Å²) in [5.41, 5.74) is 4.75. The minimum atomic E-state index is 0.283. The zero-order valence-corrected chi connectivity index (χ0v) is 14.3. The van der Waals surface area contributed by atoms with Crippen molar-refractivity contribution in [2.75, 3.05) is 6.54 Å². The van der Waals surface area contributed by atoms with Crippen LogP contribution < -0.4 is 5.32 Å².